The summed E-state index contributed by atoms with van der Waals surface area (Å²) in [6.07, 6.45) is 10.6. The van der Waals surface area contributed by atoms with Gasteiger partial charge in [0, 0.05) is 49.9 Å². The molecule has 0 aromatic carbocycles. The van der Waals surface area contributed by atoms with Crippen LogP contribution in [0.1, 0.15) is 42.7 Å². The lowest BCUT2D eigenvalue weighted by Gasteiger charge is -2.49. The second-order valence-electron chi connectivity index (χ2n) is 10.9. The summed E-state index contributed by atoms with van der Waals surface area (Å²) >= 11 is 0. The molecule has 13 nitrogen and oxygen atoms in total. The molecule has 1 unspecified atom stereocenters. The topological polar surface area (TPSA) is 171 Å². The van der Waals surface area contributed by atoms with Crippen LogP contribution in [-0.4, -0.2) is 92.9 Å². The average molecular weight is 599 g/mol. The van der Waals surface area contributed by atoms with Gasteiger partial charge in [0.1, 0.15) is 22.9 Å². The van der Waals surface area contributed by atoms with Gasteiger partial charge in [0.05, 0.1) is 37.3 Å². The number of nitriles is 1. The molecule has 0 spiro atoms. The zero-order valence-corrected chi connectivity index (χ0v) is 24.6. The van der Waals surface area contributed by atoms with Gasteiger partial charge in [0.25, 0.3) is 11.8 Å². The Morgan fingerprint density at radius 2 is 2.05 bits per heavy atom. The van der Waals surface area contributed by atoms with E-state index in [0.717, 1.165) is 5.70 Å². The van der Waals surface area contributed by atoms with E-state index < -0.39 is 17.6 Å². The van der Waals surface area contributed by atoms with E-state index in [4.69, 9.17) is 21.6 Å². The maximum atomic E-state index is 13.3. The van der Waals surface area contributed by atoms with Crippen molar-refractivity contribution in [2.75, 3.05) is 39.9 Å². The number of amides is 2. The van der Waals surface area contributed by atoms with E-state index in [0.29, 0.717) is 59.7 Å². The Morgan fingerprint density at radius 3 is 2.66 bits per heavy atom. The number of methoxy groups -OCH3 is 1. The lowest BCUT2D eigenvalue weighted by Crippen LogP contribution is -2.71. The second kappa shape index (κ2) is 12.6. The van der Waals surface area contributed by atoms with Crippen molar-refractivity contribution < 1.29 is 24.2 Å². The number of fused-ring (bicyclic) bond motifs is 1. The number of piperidine rings is 1. The average Bonchev–Trinajstić information content (AvgIpc) is 3.46. The molecule has 0 bridgehead atoms. The summed E-state index contributed by atoms with van der Waals surface area (Å²) in [5.74, 6) is 1.80. The predicted molar refractivity (Wildman–Crippen MR) is 159 cm³/mol. The molecule has 13 heteroatoms. The molecule has 2 fully saturated rings. The highest BCUT2D eigenvalue weighted by Gasteiger charge is 2.53. The van der Waals surface area contributed by atoms with Crippen LogP contribution >= 0.6 is 0 Å². The third-order valence-electron chi connectivity index (χ3n) is 8.15. The summed E-state index contributed by atoms with van der Waals surface area (Å²) in [5.41, 5.74) is 8.65. The molecule has 1 atom stereocenters. The number of pyridine rings is 2. The van der Waals surface area contributed by atoms with Crippen molar-refractivity contribution in [3.8, 4) is 24.2 Å². The molecule has 0 radical (unpaired) electrons. The lowest BCUT2D eigenvalue weighted by atomic mass is 9.90. The van der Waals surface area contributed by atoms with Crippen LogP contribution in [0.4, 0.5) is 0 Å². The number of allylic oxidation sites excluding steroid dienone is 1. The number of hydrogen-bond donors (Lipinski definition) is 3. The third-order valence-corrected chi connectivity index (χ3v) is 8.15. The van der Waals surface area contributed by atoms with Gasteiger partial charge in [0.15, 0.2) is 11.7 Å². The van der Waals surface area contributed by atoms with Gasteiger partial charge in [-0.05, 0) is 43.9 Å². The Bertz CT molecular complexity index is 1660. The van der Waals surface area contributed by atoms with Crippen molar-refractivity contribution in [3.05, 3.63) is 65.4 Å². The van der Waals surface area contributed by atoms with Gasteiger partial charge >= 0.3 is 0 Å². The summed E-state index contributed by atoms with van der Waals surface area (Å²) in [6.45, 7) is 2.86. The summed E-state index contributed by atoms with van der Waals surface area (Å²) in [6, 6.07) is 9.24. The zero-order chi connectivity index (χ0) is 31.4. The lowest BCUT2D eigenvalue weighted by molar-refractivity contribution is -0.181. The minimum atomic E-state index is -1.06. The van der Waals surface area contributed by atoms with Crippen LogP contribution in [-0.2, 0) is 14.3 Å². The van der Waals surface area contributed by atoms with Gasteiger partial charge < -0.3 is 35.4 Å². The number of terminal acetylenes is 1. The third kappa shape index (κ3) is 5.75. The largest absolute Gasteiger partial charge is 0.479 e. The number of carbonyl (C=O) groups excluding carboxylic acids is 2. The van der Waals surface area contributed by atoms with Crippen molar-refractivity contribution >= 4 is 23.0 Å². The Kier molecular flexibility index (Phi) is 8.71. The van der Waals surface area contributed by atoms with E-state index in [2.05, 4.69) is 27.4 Å². The number of carbonyl (C=O) groups is 2. The van der Waals surface area contributed by atoms with E-state index >= 15 is 0 Å². The van der Waals surface area contributed by atoms with Crippen molar-refractivity contribution in [1.29, 1.82) is 5.26 Å². The van der Waals surface area contributed by atoms with E-state index in [1.807, 2.05) is 6.92 Å². The monoisotopic (exact) mass is 598 g/mol. The maximum absolute atomic E-state index is 13.3. The summed E-state index contributed by atoms with van der Waals surface area (Å²) in [4.78, 5) is 32.5. The van der Waals surface area contributed by atoms with Crippen molar-refractivity contribution in [3.63, 3.8) is 0 Å². The van der Waals surface area contributed by atoms with Crippen LogP contribution in [0, 0.1) is 23.7 Å². The van der Waals surface area contributed by atoms with Gasteiger partial charge in [-0.15, -0.1) is 6.42 Å². The standard InChI is InChI=1S/C31H34N8O5/c1-4-27(41)38-18-31(19-38,43-3)30(42)37-11-8-23(9-12-37)36-20(2)28(33)21-13-25(29-22(14-32)15-35-39(29)16-21)44-26(17-40)24-7-5-6-10-34-24/h1,5-7,10,13,15-16,23,26,36,40H,8-9,11-12,17-19,33H2,2-3H3/b28-20-. The van der Waals surface area contributed by atoms with Crippen LogP contribution in [0.25, 0.3) is 11.2 Å². The van der Waals surface area contributed by atoms with E-state index in [1.165, 1.54) is 22.7 Å². The van der Waals surface area contributed by atoms with Gasteiger partial charge in [-0.25, -0.2) is 4.52 Å². The molecule has 0 aliphatic carbocycles. The normalized spacial score (nSPS) is 17.6. The van der Waals surface area contributed by atoms with Crippen LogP contribution in [0.3, 0.4) is 0 Å². The summed E-state index contributed by atoms with van der Waals surface area (Å²) < 4.78 is 13.3. The molecule has 3 aromatic rings. The molecular weight excluding hydrogens is 564 g/mol. The first-order valence-electron chi connectivity index (χ1n) is 14.2. The minimum absolute atomic E-state index is 0.0641. The molecule has 5 rings (SSSR count). The van der Waals surface area contributed by atoms with Crippen LogP contribution in [0.5, 0.6) is 5.75 Å². The number of likely N-dealkylation sites (tertiary alicyclic amines) is 2. The first-order valence-corrected chi connectivity index (χ1v) is 14.2. The molecule has 2 amide bonds. The highest BCUT2D eigenvalue weighted by Crippen LogP contribution is 2.32. The van der Waals surface area contributed by atoms with Gasteiger partial charge in [-0.2, -0.15) is 10.4 Å². The van der Waals surface area contributed by atoms with E-state index in [-0.39, 0.29) is 31.6 Å². The van der Waals surface area contributed by atoms with Crippen molar-refractivity contribution in [2.45, 2.75) is 37.5 Å². The highest BCUT2D eigenvalue weighted by atomic mass is 16.5. The Labute approximate surface area is 254 Å². The molecule has 4 N–H and O–H groups in total. The number of hydrogen-bond acceptors (Lipinski definition) is 10. The molecule has 44 heavy (non-hydrogen) atoms. The van der Waals surface area contributed by atoms with Crippen LogP contribution in [0.2, 0.25) is 0 Å². The zero-order valence-electron chi connectivity index (χ0n) is 24.6. The number of aliphatic hydroxyl groups is 1. The number of ether oxygens (including phenoxy) is 2. The van der Waals surface area contributed by atoms with Crippen molar-refractivity contribution in [2.24, 2.45) is 5.73 Å². The summed E-state index contributed by atoms with van der Waals surface area (Å²) in [7, 11) is 1.47. The molecular formula is C31H34N8O5. The van der Waals surface area contributed by atoms with Crippen LogP contribution < -0.4 is 15.8 Å². The Morgan fingerprint density at radius 1 is 1.30 bits per heavy atom. The van der Waals surface area contributed by atoms with Gasteiger partial charge in [-0.1, -0.05) is 6.07 Å². The molecule has 2 aliphatic heterocycles. The van der Waals surface area contributed by atoms with Crippen LogP contribution in [0.15, 0.2) is 48.6 Å². The van der Waals surface area contributed by atoms with Crippen molar-refractivity contribution in [1.82, 2.24) is 29.7 Å². The number of nitrogens with two attached hydrogens (primary N) is 1. The first-order chi connectivity index (χ1) is 21.2. The first kappa shape index (κ1) is 30.4. The molecule has 3 aromatic heterocycles. The molecule has 2 aliphatic rings. The smallest absolute Gasteiger partial charge is 0.298 e. The maximum Gasteiger partial charge on any atom is 0.298 e. The number of aromatic nitrogens is 3. The van der Waals surface area contributed by atoms with Gasteiger partial charge in [-0.3, -0.25) is 14.6 Å². The summed E-state index contributed by atoms with van der Waals surface area (Å²) in [5, 5.41) is 27.5. The minimum Gasteiger partial charge on any atom is -0.479 e. The SMILES string of the molecule is C#CC(=O)N1CC(OC)(C(=O)N2CCC(N/C(C)=C(\N)c3cc(OC(CO)c4ccccn4)c4c(C#N)cnn4c3)CC2)C1. The molecule has 228 valence electrons. The molecule has 5 heterocycles. The van der Waals surface area contributed by atoms with E-state index in [9.17, 15) is 20.0 Å². The molecule has 2 saturated heterocycles. The fraction of sp³-hybridized carbons (Fsp3) is 0.387. The Balaban J connectivity index is 1.29. The Hall–Kier alpha value is -5.11. The quantitative estimate of drug-likeness (QED) is 0.299. The second-order valence-corrected chi connectivity index (χ2v) is 10.9. The molecule has 0 saturated carbocycles. The predicted octanol–water partition coefficient (Wildman–Crippen LogP) is 0.802. The number of aliphatic hydroxyl groups excluding tert-OH is 1. The highest BCUT2D eigenvalue weighted by molar-refractivity contribution is 5.97. The fourth-order valence-electron chi connectivity index (χ4n) is 5.59. The number of nitrogens with zero attached hydrogens (tertiary/aromatic N) is 6. The fourth-order valence-corrected chi connectivity index (χ4v) is 5.59. The van der Waals surface area contributed by atoms with Gasteiger partial charge in [0.2, 0.25) is 0 Å². The van der Waals surface area contributed by atoms with E-state index in [1.54, 1.807) is 41.6 Å². The number of rotatable bonds is 9. The number of nitrogens with one attached hydrogen (secondary N) is 1.